The number of hydrogen-bond acceptors (Lipinski definition) is 0. The highest BCUT2D eigenvalue weighted by atomic mass is 14.1. The normalized spacial score (nSPS) is 12.4. The molecule has 0 aliphatic carbocycles. The van der Waals surface area contributed by atoms with Crippen molar-refractivity contribution in [2.24, 2.45) is 0 Å². The first-order valence-electron chi connectivity index (χ1n) is 9.30. The molecule has 0 bridgehead atoms. The SMILES string of the molecule is CCC(=Cc1ccccc1)CCCCC(=Cc1ccccc1)CC. The van der Waals surface area contributed by atoms with Crippen molar-refractivity contribution in [2.75, 3.05) is 0 Å². The topological polar surface area (TPSA) is 0 Å². The van der Waals surface area contributed by atoms with Gasteiger partial charge < -0.3 is 0 Å². The number of unbranched alkanes of at least 4 members (excludes halogenated alkanes) is 1. The lowest BCUT2D eigenvalue weighted by atomic mass is 9.98. The van der Waals surface area contributed by atoms with E-state index < -0.39 is 0 Å². The average Bonchev–Trinajstić information content (AvgIpc) is 2.64. The van der Waals surface area contributed by atoms with E-state index in [4.69, 9.17) is 0 Å². The fourth-order valence-corrected chi connectivity index (χ4v) is 2.98. The highest BCUT2D eigenvalue weighted by Crippen LogP contribution is 2.20. The number of hydrogen-bond donors (Lipinski definition) is 0. The molecule has 0 saturated carbocycles. The highest BCUT2D eigenvalue weighted by molar-refractivity contribution is 5.53. The Labute approximate surface area is 147 Å². The molecule has 0 unspecified atom stereocenters. The molecule has 0 aliphatic heterocycles. The number of benzene rings is 2. The molecule has 2 rings (SSSR count). The van der Waals surface area contributed by atoms with Crippen molar-refractivity contribution in [1.29, 1.82) is 0 Å². The van der Waals surface area contributed by atoms with Crippen LogP contribution >= 0.6 is 0 Å². The Balaban J connectivity index is 1.82. The first kappa shape index (κ1) is 18.3. The number of rotatable bonds is 9. The maximum atomic E-state index is 2.36. The maximum absolute atomic E-state index is 2.36. The fraction of sp³-hybridized carbons (Fsp3) is 0.333. The zero-order valence-corrected chi connectivity index (χ0v) is 15.2. The molecule has 0 fully saturated rings. The fourth-order valence-electron chi connectivity index (χ4n) is 2.98. The summed E-state index contributed by atoms with van der Waals surface area (Å²) >= 11 is 0. The van der Waals surface area contributed by atoms with Crippen LogP contribution < -0.4 is 0 Å². The molecule has 0 heterocycles. The average molecular weight is 319 g/mol. The second kappa shape index (κ2) is 10.6. The predicted molar refractivity (Wildman–Crippen MR) is 108 cm³/mol. The van der Waals surface area contributed by atoms with Crippen LogP contribution in [0.15, 0.2) is 71.8 Å². The summed E-state index contributed by atoms with van der Waals surface area (Å²) in [6.07, 6.45) is 12.0. The summed E-state index contributed by atoms with van der Waals surface area (Å²) in [7, 11) is 0. The lowest BCUT2D eigenvalue weighted by molar-refractivity contribution is 0.707. The molecule has 0 atom stereocenters. The van der Waals surface area contributed by atoms with Gasteiger partial charge in [-0.3, -0.25) is 0 Å². The van der Waals surface area contributed by atoms with Gasteiger partial charge in [0.1, 0.15) is 0 Å². The van der Waals surface area contributed by atoms with Crippen LogP contribution in [0.2, 0.25) is 0 Å². The molecule has 0 saturated heterocycles. The van der Waals surface area contributed by atoms with Gasteiger partial charge in [-0.2, -0.15) is 0 Å². The van der Waals surface area contributed by atoms with Gasteiger partial charge in [-0.15, -0.1) is 0 Å². The summed E-state index contributed by atoms with van der Waals surface area (Å²) in [5.41, 5.74) is 5.78. The van der Waals surface area contributed by atoms with E-state index in [1.54, 1.807) is 11.1 Å². The van der Waals surface area contributed by atoms with E-state index in [1.807, 2.05) is 0 Å². The molecule has 2 aromatic rings. The van der Waals surface area contributed by atoms with Crippen molar-refractivity contribution in [3.63, 3.8) is 0 Å². The van der Waals surface area contributed by atoms with Crippen molar-refractivity contribution >= 4 is 12.2 Å². The summed E-state index contributed by atoms with van der Waals surface area (Å²) in [4.78, 5) is 0. The summed E-state index contributed by atoms with van der Waals surface area (Å²) in [6, 6.07) is 21.4. The molecule has 0 nitrogen and oxygen atoms in total. The Bertz CT molecular complexity index is 573. The van der Waals surface area contributed by atoms with E-state index >= 15 is 0 Å². The van der Waals surface area contributed by atoms with Crippen LogP contribution in [-0.2, 0) is 0 Å². The molecule has 126 valence electrons. The Morgan fingerprint density at radius 2 is 1.00 bits per heavy atom. The Kier molecular flexibility index (Phi) is 8.10. The molecule has 0 heteroatoms. The highest BCUT2D eigenvalue weighted by Gasteiger charge is 1.99. The van der Waals surface area contributed by atoms with E-state index in [0.29, 0.717) is 0 Å². The minimum Gasteiger partial charge on any atom is -0.0699 e. The van der Waals surface area contributed by atoms with Crippen LogP contribution in [0.4, 0.5) is 0 Å². The van der Waals surface area contributed by atoms with Gasteiger partial charge >= 0.3 is 0 Å². The van der Waals surface area contributed by atoms with Crippen LogP contribution in [0.3, 0.4) is 0 Å². The smallest absolute Gasteiger partial charge is 0.0257 e. The first-order chi connectivity index (χ1) is 11.8. The van der Waals surface area contributed by atoms with Crippen LogP contribution in [0.5, 0.6) is 0 Å². The summed E-state index contributed by atoms with van der Waals surface area (Å²) < 4.78 is 0. The van der Waals surface area contributed by atoms with E-state index in [0.717, 1.165) is 12.8 Å². The quantitative estimate of drug-likeness (QED) is 0.419. The third-order valence-corrected chi connectivity index (χ3v) is 4.49. The number of allylic oxidation sites excluding steroid dienone is 2. The largest absolute Gasteiger partial charge is 0.0699 e. The monoisotopic (exact) mass is 318 g/mol. The summed E-state index contributed by atoms with van der Waals surface area (Å²) in [6.45, 7) is 4.53. The lowest BCUT2D eigenvalue weighted by Crippen LogP contribution is -1.87. The zero-order valence-electron chi connectivity index (χ0n) is 15.2. The predicted octanol–water partition coefficient (Wildman–Crippen LogP) is 7.53. The Hall–Kier alpha value is -2.08. The molecule has 0 radical (unpaired) electrons. The van der Waals surface area contributed by atoms with Crippen molar-refractivity contribution in [3.8, 4) is 0 Å². The minimum absolute atomic E-state index is 1.15. The van der Waals surface area contributed by atoms with Crippen LogP contribution in [0.25, 0.3) is 12.2 Å². The van der Waals surface area contributed by atoms with E-state index in [2.05, 4.69) is 86.7 Å². The van der Waals surface area contributed by atoms with Gasteiger partial charge in [0, 0.05) is 0 Å². The second-order valence-corrected chi connectivity index (χ2v) is 6.34. The Morgan fingerprint density at radius 1 is 0.625 bits per heavy atom. The first-order valence-corrected chi connectivity index (χ1v) is 9.30. The zero-order chi connectivity index (χ0) is 17.0. The van der Waals surface area contributed by atoms with Gasteiger partial charge in [-0.1, -0.05) is 97.8 Å². The van der Waals surface area contributed by atoms with Crippen LogP contribution in [-0.4, -0.2) is 0 Å². The third-order valence-electron chi connectivity index (χ3n) is 4.49. The van der Waals surface area contributed by atoms with E-state index in [1.165, 1.54) is 36.8 Å². The lowest BCUT2D eigenvalue weighted by Gasteiger charge is -2.08. The van der Waals surface area contributed by atoms with Crippen LogP contribution in [0.1, 0.15) is 63.5 Å². The maximum Gasteiger partial charge on any atom is -0.0257 e. The van der Waals surface area contributed by atoms with Gasteiger partial charge in [-0.05, 0) is 49.7 Å². The summed E-state index contributed by atoms with van der Waals surface area (Å²) in [5.74, 6) is 0. The van der Waals surface area contributed by atoms with Gasteiger partial charge in [-0.25, -0.2) is 0 Å². The molecule has 24 heavy (non-hydrogen) atoms. The molecule has 0 N–H and O–H groups in total. The van der Waals surface area contributed by atoms with E-state index in [-0.39, 0.29) is 0 Å². The standard InChI is InChI=1S/C24H30/c1-3-21(19-23-15-7-5-8-16-23)13-11-12-14-22(4-2)20-24-17-9-6-10-18-24/h5-10,15-20H,3-4,11-14H2,1-2H3. The van der Waals surface area contributed by atoms with E-state index in [9.17, 15) is 0 Å². The van der Waals surface area contributed by atoms with Gasteiger partial charge in [0.25, 0.3) is 0 Å². The second-order valence-electron chi connectivity index (χ2n) is 6.34. The summed E-state index contributed by atoms with van der Waals surface area (Å²) in [5, 5.41) is 0. The van der Waals surface area contributed by atoms with Gasteiger partial charge in [0.05, 0.1) is 0 Å². The molecular formula is C24H30. The minimum atomic E-state index is 1.15. The molecule has 0 aromatic heterocycles. The van der Waals surface area contributed by atoms with Gasteiger partial charge in [0.2, 0.25) is 0 Å². The molecule has 0 aliphatic rings. The molecular weight excluding hydrogens is 288 g/mol. The van der Waals surface area contributed by atoms with Crippen molar-refractivity contribution in [1.82, 2.24) is 0 Å². The van der Waals surface area contributed by atoms with Gasteiger partial charge in [0.15, 0.2) is 0 Å². The molecule has 0 amide bonds. The van der Waals surface area contributed by atoms with Crippen molar-refractivity contribution < 1.29 is 0 Å². The molecule has 2 aromatic carbocycles. The Morgan fingerprint density at radius 3 is 1.33 bits per heavy atom. The molecule has 0 spiro atoms. The van der Waals surface area contributed by atoms with Crippen molar-refractivity contribution in [3.05, 3.63) is 82.9 Å². The van der Waals surface area contributed by atoms with Crippen LogP contribution in [0, 0.1) is 0 Å². The third kappa shape index (κ3) is 6.58. The van der Waals surface area contributed by atoms with Crippen molar-refractivity contribution in [2.45, 2.75) is 52.4 Å².